The molecule has 3 aromatic rings. The van der Waals surface area contributed by atoms with Crippen molar-refractivity contribution in [2.45, 2.75) is 46.2 Å². The summed E-state index contributed by atoms with van der Waals surface area (Å²) in [6, 6.07) is 20.7. The van der Waals surface area contributed by atoms with Gasteiger partial charge in [0.1, 0.15) is 0 Å². The fraction of sp³-hybridized carbons (Fsp3) is 0.286. The number of para-hydroxylation sites is 1. The fourth-order valence-corrected chi connectivity index (χ4v) is 4.73. The number of aryl methyl sites for hydroxylation is 3. The Bertz CT molecular complexity index is 1110. The predicted octanol–water partition coefficient (Wildman–Crippen LogP) is 5.45. The van der Waals surface area contributed by atoms with E-state index in [0.717, 1.165) is 25.9 Å². The molecule has 1 fully saturated rings. The van der Waals surface area contributed by atoms with Gasteiger partial charge in [0.2, 0.25) is 5.91 Å². The smallest absolute Gasteiger partial charge is 0.241 e. The molecule has 164 valence electrons. The van der Waals surface area contributed by atoms with E-state index in [-0.39, 0.29) is 17.7 Å². The molecule has 1 aliphatic rings. The van der Waals surface area contributed by atoms with Crippen molar-refractivity contribution in [3.05, 3.63) is 100 Å². The van der Waals surface area contributed by atoms with Gasteiger partial charge in [-0.15, -0.1) is 0 Å². The number of ketones is 1. The van der Waals surface area contributed by atoms with E-state index >= 15 is 0 Å². The Balaban J connectivity index is 1.53. The number of hydrogen-bond acceptors (Lipinski definition) is 3. The Kier molecular flexibility index (Phi) is 6.52. The van der Waals surface area contributed by atoms with E-state index in [4.69, 9.17) is 0 Å². The number of anilines is 1. The lowest BCUT2D eigenvalue weighted by Gasteiger charge is -2.26. The topological polar surface area (TPSA) is 49.4 Å². The minimum Gasteiger partial charge on any atom is -0.324 e. The van der Waals surface area contributed by atoms with Gasteiger partial charge in [-0.25, -0.2) is 0 Å². The van der Waals surface area contributed by atoms with Crippen LogP contribution in [0.15, 0.2) is 66.7 Å². The molecule has 1 heterocycles. The average Bonchev–Trinajstić information content (AvgIpc) is 3.25. The van der Waals surface area contributed by atoms with Crippen molar-refractivity contribution in [1.29, 1.82) is 0 Å². The van der Waals surface area contributed by atoms with Gasteiger partial charge in [0.25, 0.3) is 0 Å². The number of carbonyl (C=O) groups excluding carboxylic acids is 2. The maximum atomic E-state index is 13.3. The highest BCUT2D eigenvalue weighted by atomic mass is 16.2. The van der Waals surface area contributed by atoms with E-state index in [1.54, 1.807) is 18.2 Å². The molecule has 4 nitrogen and oxygen atoms in total. The molecule has 3 aromatic carbocycles. The molecule has 0 aromatic heterocycles. The zero-order valence-electron chi connectivity index (χ0n) is 19.0. The summed E-state index contributed by atoms with van der Waals surface area (Å²) < 4.78 is 0. The lowest BCUT2D eigenvalue weighted by molar-refractivity contribution is -0.120. The number of carbonyl (C=O) groups is 2. The zero-order valence-corrected chi connectivity index (χ0v) is 19.0. The van der Waals surface area contributed by atoms with Crippen molar-refractivity contribution >= 4 is 17.4 Å². The first-order valence-corrected chi connectivity index (χ1v) is 11.2. The second kappa shape index (κ2) is 9.49. The Morgan fingerprint density at radius 2 is 1.59 bits per heavy atom. The number of benzene rings is 3. The van der Waals surface area contributed by atoms with Crippen molar-refractivity contribution in [2.24, 2.45) is 0 Å². The van der Waals surface area contributed by atoms with Gasteiger partial charge in [0.05, 0.1) is 11.7 Å². The van der Waals surface area contributed by atoms with E-state index in [9.17, 15) is 9.59 Å². The van der Waals surface area contributed by atoms with Crippen LogP contribution in [0.5, 0.6) is 0 Å². The zero-order chi connectivity index (χ0) is 22.7. The van der Waals surface area contributed by atoms with Gasteiger partial charge >= 0.3 is 0 Å². The number of amides is 1. The highest BCUT2D eigenvalue weighted by Crippen LogP contribution is 2.26. The van der Waals surface area contributed by atoms with Crippen LogP contribution in [0.4, 0.5) is 5.69 Å². The summed E-state index contributed by atoms with van der Waals surface area (Å²) in [6.07, 6.45) is 1.82. The molecule has 1 N–H and O–H groups in total. The number of rotatable bonds is 6. The SMILES string of the molecule is Cc1cc(C)c(CN2CCC[C@H]2C(=O)Nc2ccccc2C(=O)c2ccccc2)c(C)c1. The number of nitrogens with one attached hydrogen (secondary N) is 1. The van der Waals surface area contributed by atoms with Crippen LogP contribution >= 0.6 is 0 Å². The van der Waals surface area contributed by atoms with E-state index in [1.807, 2.05) is 36.4 Å². The fourth-order valence-electron chi connectivity index (χ4n) is 4.73. The number of hydrogen-bond donors (Lipinski definition) is 1. The molecule has 0 aliphatic carbocycles. The Morgan fingerprint density at radius 1 is 0.938 bits per heavy atom. The Morgan fingerprint density at radius 3 is 2.31 bits per heavy atom. The van der Waals surface area contributed by atoms with E-state index in [2.05, 4.69) is 43.1 Å². The highest BCUT2D eigenvalue weighted by Gasteiger charge is 2.31. The van der Waals surface area contributed by atoms with Crippen LogP contribution in [-0.4, -0.2) is 29.2 Å². The van der Waals surface area contributed by atoms with Crippen molar-refractivity contribution in [1.82, 2.24) is 4.90 Å². The third-order valence-electron chi connectivity index (χ3n) is 6.33. The van der Waals surface area contributed by atoms with Crippen LogP contribution in [0.3, 0.4) is 0 Å². The maximum absolute atomic E-state index is 13.3. The van der Waals surface area contributed by atoms with Gasteiger partial charge in [-0.1, -0.05) is 60.2 Å². The molecule has 4 heteroatoms. The number of likely N-dealkylation sites (tertiary alicyclic amines) is 1. The van der Waals surface area contributed by atoms with Crippen LogP contribution in [0.2, 0.25) is 0 Å². The van der Waals surface area contributed by atoms with E-state index in [1.165, 1.54) is 22.3 Å². The lowest BCUT2D eigenvalue weighted by Crippen LogP contribution is -2.39. The molecule has 1 saturated heterocycles. The summed E-state index contributed by atoms with van der Waals surface area (Å²) in [5.74, 6) is -0.131. The molecule has 0 unspecified atom stereocenters. The minimum atomic E-state index is -0.199. The highest BCUT2D eigenvalue weighted by molar-refractivity contribution is 6.14. The summed E-state index contributed by atoms with van der Waals surface area (Å²) in [7, 11) is 0. The van der Waals surface area contributed by atoms with Crippen LogP contribution in [0.25, 0.3) is 0 Å². The maximum Gasteiger partial charge on any atom is 0.241 e. The molecule has 1 atom stereocenters. The van der Waals surface area contributed by atoms with Crippen molar-refractivity contribution in [2.75, 3.05) is 11.9 Å². The van der Waals surface area contributed by atoms with Gasteiger partial charge in [0, 0.05) is 17.7 Å². The third-order valence-corrected chi connectivity index (χ3v) is 6.33. The summed E-state index contributed by atoms with van der Waals surface area (Å²) in [5.41, 5.74) is 6.80. The van der Waals surface area contributed by atoms with Crippen LogP contribution < -0.4 is 5.32 Å². The van der Waals surface area contributed by atoms with E-state index < -0.39 is 0 Å². The Labute approximate surface area is 190 Å². The van der Waals surface area contributed by atoms with Gasteiger partial charge in [-0.3, -0.25) is 14.5 Å². The largest absolute Gasteiger partial charge is 0.324 e. The normalized spacial score (nSPS) is 16.2. The summed E-state index contributed by atoms with van der Waals surface area (Å²) in [4.78, 5) is 28.6. The van der Waals surface area contributed by atoms with Gasteiger partial charge < -0.3 is 5.32 Å². The Hall–Kier alpha value is -3.24. The summed E-state index contributed by atoms with van der Waals surface area (Å²) in [5, 5.41) is 3.06. The summed E-state index contributed by atoms with van der Waals surface area (Å²) in [6.45, 7) is 8.07. The van der Waals surface area contributed by atoms with Crippen molar-refractivity contribution in [3.63, 3.8) is 0 Å². The van der Waals surface area contributed by atoms with Crippen molar-refractivity contribution in [3.8, 4) is 0 Å². The molecule has 0 saturated carbocycles. The van der Waals surface area contributed by atoms with Gasteiger partial charge in [-0.05, 0) is 69.0 Å². The quantitative estimate of drug-likeness (QED) is 0.534. The monoisotopic (exact) mass is 426 g/mol. The second-order valence-corrected chi connectivity index (χ2v) is 8.74. The van der Waals surface area contributed by atoms with Crippen LogP contribution in [0, 0.1) is 20.8 Å². The van der Waals surface area contributed by atoms with Crippen LogP contribution in [0.1, 0.15) is 51.0 Å². The summed E-state index contributed by atoms with van der Waals surface area (Å²) >= 11 is 0. The van der Waals surface area contributed by atoms with E-state index in [0.29, 0.717) is 16.8 Å². The van der Waals surface area contributed by atoms with Crippen LogP contribution in [-0.2, 0) is 11.3 Å². The predicted molar refractivity (Wildman–Crippen MR) is 129 cm³/mol. The molecule has 4 rings (SSSR count). The molecule has 1 aliphatic heterocycles. The first kappa shape index (κ1) is 22.0. The molecule has 0 bridgehead atoms. The molecular weight excluding hydrogens is 396 g/mol. The molecule has 0 radical (unpaired) electrons. The van der Waals surface area contributed by atoms with Gasteiger partial charge in [-0.2, -0.15) is 0 Å². The molecular formula is C28H30N2O2. The second-order valence-electron chi connectivity index (χ2n) is 8.74. The minimum absolute atomic E-state index is 0.0433. The van der Waals surface area contributed by atoms with Crippen molar-refractivity contribution < 1.29 is 9.59 Å². The van der Waals surface area contributed by atoms with Gasteiger partial charge in [0.15, 0.2) is 5.78 Å². The lowest BCUT2D eigenvalue weighted by atomic mass is 9.99. The average molecular weight is 427 g/mol. The third kappa shape index (κ3) is 4.66. The number of nitrogens with zero attached hydrogens (tertiary/aromatic N) is 1. The standard InChI is InChI=1S/C28H30N2O2/c1-19-16-20(2)24(21(3)17-19)18-30-15-9-14-26(30)28(32)29-25-13-8-7-12-23(25)27(31)22-10-5-4-6-11-22/h4-8,10-13,16-17,26H,9,14-15,18H2,1-3H3,(H,29,32)/t26-/m0/s1. The molecule has 32 heavy (non-hydrogen) atoms. The molecule has 1 amide bonds. The first-order valence-electron chi connectivity index (χ1n) is 11.2. The molecule has 0 spiro atoms. The first-order chi connectivity index (χ1) is 15.4.